The molecule has 6 heteroatoms. The molecule has 5 rings (SSSR count). The van der Waals surface area contributed by atoms with Crippen LogP contribution in [0.15, 0.2) is 85.1 Å². The molecule has 1 aliphatic rings. The van der Waals surface area contributed by atoms with Crippen molar-refractivity contribution in [1.29, 1.82) is 0 Å². The van der Waals surface area contributed by atoms with Gasteiger partial charge in [0.2, 0.25) is 0 Å². The second-order valence-corrected chi connectivity index (χ2v) is 9.01. The molecule has 0 radical (unpaired) electrons. The third kappa shape index (κ3) is 4.77. The van der Waals surface area contributed by atoms with Crippen molar-refractivity contribution in [3.63, 3.8) is 0 Å². The molecule has 4 aromatic rings. The molecule has 0 saturated heterocycles. The predicted molar refractivity (Wildman–Crippen MR) is 131 cm³/mol. The van der Waals surface area contributed by atoms with Crippen LogP contribution in [0.25, 0.3) is 16.9 Å². The molecule has 2 atom stereocenters. The van der Waals surface area contributed by atoms with Crippen LogP contribution in [0.3, 0.4) is 0 Å². The van der Waals surface area contributed by atoms with Crippen molar-refractivity contribution in [2.45, 2.75) is 44.2 Å². The van der Waals surface area contributed by atoms with E-state index in [1.54, 1.807) is 4.68 Å². The Hall–Kier alpha value is -3.77. The van der Waals surface area contributed by atoms with Crippen LogP contribution in [0.2, 0.25) is 0 Å². The van der Waals surface area contributed by atoms with E-state index >= 15 is 0 Å². The van der Waals surface area contributed by atoms with Crippen molar-refractivity contribution in [2.24, 2.45) is 5.73 Å². The number of hydrogen-bond acceptors (Lipinski definition) is 5. The Balaban J connectivity index is 1.24. The second-order valence-electron chi connectivity index (χ2n) is 9.01. The summed E-state index contributed by atoms with van der Waals surface area (Å²) in [4.78, 5) is 12.3. The fourth-order valence-electron chi connectivity index (χ4n) is 4.34. The zero-order valence-corrected chi connectivity index (χ0v) is 19.2. The van der Waals surface area contributed by atoms with Gasteiger partial charge in [0, 0.05) is 17.0 Å². The van der Waals surface area contributed by atoms with Crippen molar-refractivity contribution in [2.75, 3.05) is 0 Å². The van der Waals surface area contributed by atoms with E-state index < -0.39 is 0 Å². The smallest absolute Gasteiger partial charge is 0.310 e. The Morgan fingerprint density at radius 2 is 1.82 bits per heavy atom. The molecule has 0 aliphatic heterocycles. The number of benzene rings is 3. The van der Waals surface area contributed by atoms with Gasteiger partial charge in [-0.05, 0) is 47.7 Å². The fraction of sp³-hybridized carbons (Fsp3) is 0.250. The first kappa shape index (κ1) is 22.0. The van der Waals surface area contributed by atoms with Gasteiger partial charge >= 0.3 is 5.97 Å². The molecular formula is C28H28N4O2. The molecule has 1 fully saturated rings. The highest BCUT2D eigenvalue weighted by Crippen LogP contribution is 2.51. The molecule has 3 aromatic carbocycles. The lowest BCUT2D eigenvalue weighted by Gasteiger charge is -2.08. The van der Waals surface area contributed by atoms with Gasteiger partial charge in [0.15, 0.2) is 0 Å². The lowest BCUT2D eigenvalue weighted by Crippen LogP contribution is -2.22. The van der Waals surface area contributed by atoms with Gasteiger partial charge in [-0.3, -0.25) is 4.79 Å². The van der Waals surface area contributed by atoms with Crippen LogP contribution in [0.1, 0.15) is 42.4 Å². The number of esters is 1. The van der Waals surface area contributed by atoms with E-state index in [-0.39, 0.29) is 24.5 Å². The number of rotatable bonds is 8. The molecule has 6 nitrogen and oxygen atoms in total. The molecule has 2 N–H and O–H groups in total. The van der Waals surface area contributed by atoms with Gasteiger partial charge in [0.1, 0.15) is 12.3 Å². The van der Waals surface area contributed by atoms with Crippen LogP contribution >= 0.6 is 0 Å². The Morgan fingerprint density at radius 3 is 2.56 bits per heavy atom. The maximum Gasteiger partial charge on any atom is 0.310 e. The molecule has 0 amide bonds. The molecule has 1 aliphatic carbocycles. The van der Waals surface area contributed by atoms with Gasteiger partial charge in [-0.15, -0.1) is 5.10 Å². The summed E-state index contributed by atoms with van der Waals surface area (Å²) in [6, 6.07) is 25.8. The third-order valence-corrected chi connectivity index (χ3v) is 6.64. The monoisotopic (exact) mass is 452 g/mol. The molecule has 1 aromatic heterocycles. The first-order chi connectivity index (χ1) is 16.5. The first-order valence-corrected chi connectivity index (χ1v) is 11.6. The van der Waals surface area contributed by atoms with E-state index in [1.165, 1.54) is 5.56 Å². The minimum absolute atomic E-state index is 0.0407. The van der Waals surface area contributed by atoms with Crippen LogP contribution < -0.4 is 5.73 Å². The first-order valence-electron chi connectivity index (χ1n) is 11.6. The third-order valence-electron chi connectivity index (χ3n) is 6.64. The van der Waals surface area contributed by atoms with Crippen LogP contribution in [0.4, 0.5) is 0 Å². The highest BCUT2D eigenvalue weighted by atomic mass is 16.5. The quantitative estimate of drug-likeness (QED) is 0.388. The Kier molecular flexibility index (Phi) is 5.99. The highest BCUT2D eigenvalue weighted by Gasteiger charge is 2.49. The molecule has 34 heavy (non-hydrogen) atoms. The number of hydrogen-bond donors (Lipinski definition) is 1. The molecule has 1 heterocycles. The van der Waals surface area contributed by atoms with Crippen molar-refractivity contribution in [3.8, 4) is 16.9 Å². The number of nitrogens with two attached hydrogens (primary N) is 1. The zero-order valence-electron chi connectivity index (χ0n) is 19.2. The molecular weight excluding hydrogens is 424 g/mol. The summed E-state index contributed by atoms with van der Waals surface area (Å²) in [6.45, 7) is 2.42. The zero-order chi connectivity index (χ0) is 23.5. The van der Waals surface area contributed by atoms with E-state index in [1.807, 2.05) is 60.8 Å². The number of carbonyl (C=O) groups excluding carboxylic acids is 1. The fourth-order valence-corrected chi connectivity index (χ4v) is 4.34. The van der Waals surface area contributed by atoms with Crippen LogP contribution in [-0.4, -0.2) is 26.5 Å². The van der Waals surface area contributed by atoms with Gasteiger partial charge in [0.05, 0.1) is 18.3 Å². The predicted octanol–water partition coefficient (Wildman–Crippen LogP) is 4.82. The van der Waals surface area contributed by atoms with Gasteiger partial charge in [-0.25, -0.2) is 4.68 Å². The largest absolute Gasteiger partial charge is 0.461 e. The highest BCUT2D eigenvalue weighted by molar-refractivity contribution is 5.73. The summed E-state index contributed by atoms with van der Waals surface area (Å²) >= 11 is 0. The summed E-state index contributed by atoms with van der Waals surface area (Å²) in [7, 11) is 0. The van der Waals surface area contributed by atoms with Crippen molar-refractivity contribution in [3.05, 3.63) is 102 Å². The number of carbonyl (C=O) groups is 1. The Morgan fingerprint density at radius 1 is 1.06 bits per heavy atom. The normalized spacial score (nSPS) is 19.1. The van der Waals surface area contributed by atoms with Crippen molar-refractivity contribution < 1.29 is 9.53 Å². The van der Waals surface area contributed by atoms with Crippen LogP contribution in [-0.2, 0) is 22.6 Å². The van der Waals surface area contributed by atoms with Gasteiger partial charge < -0.3 is 10.5 Å². The van der Waals surface area contributed by atoms with E-state index in [0.717, 1.165) is 40.9 Å². The number of aromatic nitrogens is 3. The maximum atomic E-state index is 12.3. The van der Waals surface area contributed by atoms with E-state index in [2.05, 4.69) is 41.5 Å². The molecule has 0 unspecified atom stereocenters. The minimum Gasteiger partial charge on any atom is -0.461 e. The summed E-state index contributed by atoms with van der Waals surface area (Å²) < 4.78 is 7.18. The van der Waals surface area contributed by atoms with Crippen molar-refractivity contribution in [1.82, 2.24) is 15.0 Å². The van der Waals surface area contributed by atoms with Crippen LogP contribution in [0.5, 0.6) is 0 Å². The molecule has 1 saturated carbocycles. The van der Waals surface area contributed by atoms with E-state index in [9.17, 15) is 4.79 Å². The van der Waals surface area contributed by atoms with Gasteiger partial charge in [-0.2, -0.15) is 0 Å². The van der Waals surface area contributed by atoms with Crippen LogP contribution in [0, 0.1) is 0 Å². The molecule has 0 spiro atoms. The summed E-state index contributed by atoms with van der Waals surface area (Å²) in [5.41, 5.74) is 12.1. The Labute approximate surface area is 199 Å². The molecule has 172 valence electrons. The summed E-state index contributed by atoms with van der Waals surface area (Å²) in [5.74, 6) is 0.185. The lowest BCUT2D eigenvalue weighted by molar-refractivity contribution is -0.144. The molecule has 0 bridgehead atoms. The second kappa shape index (κ2) is 9.23. The summed E-state index contributed by atoms with van der Waals surface area (Å²) in [6.07, 6.45) is 4.15. The van der Waals surface area contributed by atoms with Gasteiger partial charge in [-0.1, -0.05) is 72.8 Å². The summed E-state index contributed by atoms with van der Waals surface area (Å²) in [5, 5.41) is 8.64. The minimum atomic E-state index is -0.259. The van der Waals surface area contributed by atoms with E-state index in [0.29, 0.717) is 5.92 Å². The average molecular weight is 453 g/mol. The SMILES string of the molecule is CC[C@@]1(N)C[C@H]1c1ccc(-n2cc(-c3cccc(CC(=O)OCc4ccccc4)c3)nn2)cc1. The Bertz CT molecular complexity index is 1280. The number of nitrogens with zero attached hydrogens (tertiary/aromatic N) is 3. The van der Waals surface area contributed by atoms with Crippen molar-refractivity contribution >= 4 is 5.97 Å². The number of ether oxygens (including phenoxy) is 1. The lowest BCUT2D eigenvalue weighted by atomic mass is 10.0. The van der Waals surface area contributed by atoms with E-state index in [4.69, 9.17) is 10.5 Å². The standard InChI is InChI=1S/C28H28N4O2/c1-2-28(29)17-25(28)22-11-13-24(14-12-22)32-18-26(30-31-32)23-10-6-9-21(15-23)16-27(33)34-19-20-7-4-3-5-8-20/h3-15,18,25H,2,16-17,19,29H2,1H3/t25-,28+/m0/s1. The maximum absolute atomic E-state index is 12.3. The topological polar surface area (TPSA) is 83.0 Å². The average Bonchev–Trinajstić information content (AvgIpc) is 3.32. The van der Waals surface area contributed by atoms with Gasteiger partial charge in [0.25, 0.3) is 0 Å².